The predicted octanol–water partition coefficient (Wildman–Crippen LogP) is 6.93. The quantitative estimate of drug-likeness (QED) is 0.349. The van der Waals surface area contributed by atoms with Crippen molar-refractivity contribution in [1.29, 1.82) is 0 Å². The molecule has 1 aliphatic heterocycles. The second-order valence-corrected chi connectivity index (χ2v) is 9.37. The zero-order valence-corrected chi connectivity index (χ0v) is 18.4. The van der Waals surface area contributed by atoms with Gasteiger partial charge in [0.1, 0.15) is 0 Å². The molecular weight excluding hydrogens is 418 g/mol. The van der Waals surface area contributed by atoms with Gasteiger partial charge in [-0.3, -0.25) is 10.1 Å². The van der Waals surface area contributed by atoms with Crippen molar-refractivity contribution in [2.24, 2.45) is 0 Å². The van der Waals surface area contributed by atoms with E-state index in [0.29, 0.717) is 0 Å². The van der Waals surface area contributed by atoms with Crippen molar-refractivity contribution < 1.29 is 4.79 Å². The SMILES string of the molecule is O=C1/C(=C\c2cccs2)C(c2ccccc2)NC(c2ccccc2)/C1=C/c1cccs1. The topological polar surface area (TPSA) is 29.1 Å². The van der Waals surface area contributed by atoms with Crippen LogP contribution in [0.2, 0.25) is 0 Å². The van der Waals surface area contributed by atoms with E-state index in [4.69, 9.17) is 0 Å². The summed E-state index contributed by atoms with van der Waals surface area (Å²) in [4.78, 5) is 16.1. The van der Waals surface area contributed by atoms with Crippen LogP contribution < -0.4 is 5.32 Å². The van der Waals surface area contributed by atoms with E-state index in [1.807, 2.05) is 71.4 Å². The predicted molar refractivity (Wildman–Crippen MR) is 131 cm³/mol. The normalized spacial score (nSPS) is 21.6. The van der Waals surface area contributed by atoms with Gasteiger partial charge in [-0.1, -0.05) is 72.8 Å². The lowest BCUT2D eigenvalue weighted by atomic mass is 9.81. The molecule has 1 N–H and O–H groups in total. The van der Waals surface area contributed by atoms with Crippen molar-refractivity contribution in [2.45, 2.75) is 12.1 Å². The van der Waals surface area contributed by atoms with Gasteiger partial charge in [0.05, 0.1) is 12.1 Å². The Kier molecular flexibility index (Phi) is 5.76. The standard InChI is InChI=1S/C27H21NOS2/c29-27-23(17-21-13-7-15-30-21)25(19-9-3-1-4-10-19)28-26(20-11-5-2-6-12-20)24(27)18-22-14-8-16-31-22/h1-18,25-26,28H/b23-17-,24-18-. The summed E-state index contributed by atoms with van der Waals surface area (Å²) in [7, 11) is 0. The fraction of sp³-hybridized carbons (Fsp3) is 0.0741. The zero-order chi connectivity index (χ0) is 21.0. The molecule has 0 spiro atoms. The summed E-state index contributed by atoms with van der Waals surface area (Å²) in [6.07, 6.45) is 4.09. The first-order valence-corrected chi connectivity index (χ1v) is 12.0. The highest BCUT2D eigenvalue weighted by Gasteiger charge is 2.37. The Labute approximate surface area is 190 Å². The van der Waals surface area contributed by atoms with Crippen molar-refractivity contribution >= 4 is 40.6 Å². The Bertz CT molecular complexity index is 1110. The number of carbonyl (C=O) groups is 1. The number of hydrogen-bond donors (Lipinski definition) is 1. The molecule has 152 valence electrons. The highest BCUT2D eigenvalue weighted by molar-refractivity contribution is 7.11. The van der Waals surface area contributed by atoms with Gasteiger partial charge in [0.15, 0.2) is 5.78 Å². The first-order chi connectivity index (χ1) is 15.3. The summed E-state index contributed by atoms with van der Waals surface area (Å²) < 4.78 is 0. The van der Waals surface area contributed by atoms with E-state index in [9.17, 15) is 4.79 Å². The summed E-state index contributed by atoms with van der Waals surface area (Å²) in [6.45, 7) is 0. The maximum atomic E-state index is 14.0. The molecule has 4 aromatic rings. The maximum absolute atomic E-state index is 14.0. The number of benzene rings is 2. The van der Waals surface area contributed by atoms with Gasteiger partial charge in [0.2, 0.25) is 0 Å². The molecule has 1 aliphatic rings. The van der Waals surface area contributed by atoms with Crippen LogP contribution in [0.25, 0.3) is 12.2 Å². The van der Waals surface area contributed by atoms with Crippen LogP contribution in [0.3, 0.4) is 0 Å². The smallest absolute Gasteiger partial charge is 0.188 e. The van der Waals surface area contributed by atoms with E-state index < -0.39 is 0 Å². The van der Waals surface area contributed by atoms with E-state index in [1.54, 1.807) is 22.7 Å². The number of carbonyl (C=O) groups excluding carboxylic acids is 1. The Morgan fingerprint density at radius 2 is 1.06 bits per heavy atom. The van der Waals surface area contributed by atoms with Crippen LogP contribution in [0, 0.1) is 0 Å². The summed E-state index contributed by atoms with van der Waals surface area (Å²) in [5, 5.41) is 7.88. The molecule has 0 amide bonds. The summed E-state index contributed by atoms with van der Waals surface area (Å²) >= 11 is 3.29. The average Bonchev–Trinajstić information content (AvgIpc) is 3.52. The third kappa shape index (κ3) is 4.23. The van der Waals surface area contributed by atoms with Crippen molar-refractivity contribution in [3.05, 3.63) is 128 Å². The van der Waals surface area contributed by atoms with Gasteiger partial charge in [-0.15, -0.1) is 22.7 Å². The number of Topliss-reactive ketones (excluding diaryl/α,β-unsaturated/α-hetero) is 1. The minimum absolute atomic E-state index is 0.100. The second-order valence-electron chi connectivity index (χ2n) is 7.41. The number of thiophene rings is 2. The zero-order valence-electron chi connectivity index (χ0n) is 16.8. The van der Waals surface area contributed by atoms with Gasteiger partial charge in [0, 0.05) is 20.9 Å². The maximum Gasteiger partial charge on any atom is 0.188 e. The van der Waals surface area contributed by atoms with Crippen molar-refractivity contribution in [1.82, 2.24) is 5.32 Å². The van der Waals surface area contributed by atoms with Crippen LogP contribution >= 0.6 is 22.7 Å². The molecule has 5 rings (SSSR count). The van der Waals surface area contributed by atoms with Gasteiger partial charge >= 0.3 is 0 Å². The highest BCUT2D eigenvalue weighted by Crippen LogP contribution is 2.40. The Morgan fingerprint density at radius 1 is 0.613 bits per heavy atom. The van der Waals surface area contributed by atoms with Crippen LogP contribution in [-0.4, -0.2) is 5.78 Å². The van der Waals surface area contributed by atoms with Gasteiger partial charge < -0.3 is 0 Å². The molecule has 0 radical (unpaired) electrons. The molecule has 2 atom stereocenters. The highest BCUT2D eigenvalue weighted by atomic mass is 32.1. The third-order valence-corrected chi connectivity index (χ3v) is 7.07. The number of nitrogens with one attached hydrogen (secondary N) is 1. The van der Waals surface area contributed by atoms with Gasteiger partial charge in [-0.25, -0.2) is 0 Å². The number of rotatable bonds is 4. The molecular formula is C27H21NOS2. The summed E-state index contributed by atoms with van der Waals surface area (Å²) in [5.74, 6) is 0.100. The van der Waals surface area contributed by atoms with Crippen molar-refractivity contribution in [2.75, 3.05) is 0 Å². The number of piperidine rings is 1. The Morgan fingerprint density at radius 3 is 1.45 bits per heavy atom. The molecule has 0 aliphatic carbocycles. The van der Waals surface area contributed by atoms with Crippen LogP contribution in [-0.2, 0) is 4.79 Å². The van der Waals surface area contributed by atoms with E-state index >= 15 is 0 Å². The third-order valence-electron chi connectivity index (χ3n) is 5.43. The minimum Gasteiger partial charge on any atom is -0.295 e. The monoisotopic (exact) mass is 439 g/mol. The largest absolute Gasteiger partial charge is 0.295 e. The molecule has 2 aromatic heterocycles. The molecule has 2 unspecified atom stereocenters. The molecule has 0 saturated carbocycles. The van der Waals surface area contributed by atoms with Crippen LogP contribution in [0.4, 0.5) is 0 Å². The van der Waals surface area contributed by atoms with Crippen molar-refractivity contribution in [3.8, 4) is 0 Å². The summed E-state index contributed by atoms with van der Waals surface area (Å²) in [6, 6.07) is 28.3. The summed E-state index contributed by atoms with van der Waals surface area (Å²) in [5.41, 5.74) is 3.75. The molecule has 3 heterocycles. The lowest BCUT2D eigenvalue weighted by Crippen LogP contribution is -2.39. The number of ketones is 1. The minimum atomic E-state index is -0.179. The molecule has 4 heteroatoms. The average molecular weight is 440 g/mol. The van der Waals surface area contributed by atoms with Crippen molar-refractivity contribution in [3.63, 3.8) is 0 Å². The molecule has 2 nitrogen and oxygen atoms in total. The lowest BCUT2D eigenvalue weighted by molar-refractivity contribution is -0.113. The lowest BCUT2D eigenvalue weighted by Gasteiger charge is -2.35. The molecule has 1 fully saturated rings. The van der Waals surface area contributed by atoms with Gasteiger partial charge in [0.25, 0.3) is 0 Å². The molecule has 2 aromatic carbocycles. The molecule has 31 heavy (non-hydrogen) atoms. The van der Waals surface area contributed by atoms with E-state index in [-0.39, 0.29) is 17.9 Å². The van der Waals surface area contributed by atoms with Gasteiger partial charge in [-0.05, 0) is 46.2 Å². The van der Waals surface area contributed by atoms with Crippen LogP contribution in [0.15, 0.2) is 107 Å². The fourth-order valence-corrected chi connectivity index (χ4v) is 5.30. The Balaban J connectivity index is 1.67. The van der Waals surface area contributed by atoms with Crippen LogP contribution in [0.5, 0.6) is 0 Å². The van der Waals surface area contributed by atoms with Gasteiger partial charge in [-0.2, -0.15) is 0 Å². The second kappa shape index (κ2) is 8.98. The fourth-order valence-electron chi connectivity index (χ4n) is 3.97. The molecule has 1 saturated heterocycles. The first kappa shape index (κ1) is 19.9. The van der Waals surface area contributed by atoms with E-state index in [0.717, 1.165) is 32.0 Å². The van der Waals surface area contributed by atoms with Crippen LogP contribution in [0.1, 0.15) is 33.0 Å². The van der Waals surface area contributed by atoms with E-state index in [2.05, 4.69) is 41.7 Å². The molecule has 0 bridgehead atoms. The Hall–Kier alpha value is -3.05. The number of hydrogen-bond acceptors (Lipinski definition) is 4. The first-order valence-electron chi connectivity index (χ1n) is 10.2. The van der Waals surface area contributed by atoms with E-state index in [1.165, 1.54) is 0 Å².